The molecule has 35 heavy (non-hydrogen) atoms. The van der Waals surface area contributed by atoms with Crippen LogP contribution in [-0.4, -0.2) is 45.3 Å². The lowest BCUT2D eigenvalue weighted by molar-refractivity contribution is -0.384. The normalized spacial score (nSPS) is 14.8. The molecule has 0 radical (unpaired) electrons. The van der Waals surface area contributed by atoms with E-state index < -0.39 is 4.92 Å². The minimum absolute atomic E-state index is 0.158. The Morgan fingerprint density at radius 1 is 1.14 bits per heavy atom. The Kier molecular flexibility index (Phi) is 7.99. The third-order valence-electron chi connectivity index (χ3n) is 6.15. The molecule has 4 rings (SSSR count). The number of carbonyl (C=O) groups is 1. The van der Waals surface area contributed by atoms with Gasteiger partial charge in [-0.1, -0.05) is 18.2 Å². The summed E-state index contributed by atoms with van der Waals surface area (Å²) in [4.78, 5) is 31.0. The van der Waals surface area contributed by atoms with Gasteiger partial charge in [0, 0.05) is 54.7 Å². The standard InChI is InChI=1S/C26H29N5O3S/c1-18-21(17-30-12-14-35-15-13-30)6-5-8-22(18)29-26(32)20-9-10-24(25(16-20)31(33)34)28-19(2)23-7-3-4-11-27-23/h3-11,16,19,28H,12-15,17H2,1-2H3,(H,29,32). The summed E-state index contributed by atoms with van der Waals surface area (Å²) < 4.78 is 0. The SMILES string of the molecule is Cc1c(CN2CCSCC2)cccc1NC(=O)c1ccc(NC(C)c2ccccn2)c([N+](=O)[O-])c1. The van der Waals surface area contributed by atoms with E-state index in [1.807, 2.05) is 55.9 Å². The Hall–Kier alpha value is -3.43. The lowest BCUT2D eigenvalue weighted by Gasteiger charge is -2.27. The predicted molar refractivity (Wildman–Crippen MR) is 141 cm³/mol. The highest BCUT2D eigenvalue weighted by Crippen LogP contribution is 2.30. The molecule has 0 spiro atoms. The average Bonchev–Trinajstić information content (AvgIpc) is 2.87. The third kappa shape index (κ3) is 6.17. The first-order chi connectivity index (χ1) is 16.9. The molecular weight excluding hydrogens is 462 g/mol. The van der Waals surface area contributed by atoms with E-state index in [2.05, 4.69) is 26.6 Å². The van der Waals surface area contributed by atoms with Gasteiger partial charge in [0.2, 0.25) is 0 Å². The zero-order valence-electron chi connectivity index (χ0n) is 19.9. The van der Waals surface area contributed by atoms with Gasteiger partial charge in [0.25, 0.3) is 11.6 Å². The van der Waals surface area contributed by atoms with Crippen LogP contribution in [0, 0.1) is 17.0 Å². The topological polar surface area (TPSA) is 100 Å². The second-order valence-corrected chi connectivity index (χ2v) is 9.77. The number of thioether (sulfide) groups is 1. The number of anilines is 2. The van der Waals surface area contributed by atoms with Crippen LogP contribution in [-0.2, 0) is 6.54 Å². The van der Waals surface area contributed by atoms with Crippen molar-refractivity contribution in [3.05, 3.63) is 93.3 Å². The Bertz CT molecular complexity index is 1200. The molecule has 9 heteroatoms. The molecule has 2 aromatic carbocycles. The predicted octanol–water partition coefficient (Wildman–Crippen LogP) is 5.27. The maximum absolute atomic E-state index is 13.0. The van der Waals surface area contributed by atoms with Crippen LogP contribution in [0.1, 0.15) is 40.1 Å². The second-order valence-electron chi connectivity index (χ2n) is 8.54. The molecule has 1 unspecified atom stereocenters. The van der Waals surface area contributed by atoms with E-state index >= 15 is 0 Å². The number of hydrogen-bond donors (Lipinski definition) is 2. The Balaban J connectivity index is 1.50. The number of nitro groups is 1. The molecule has 2 N–H and O–H groups in total. The minimum atomic E-state index is -0.479. The highest BCUT2D eigenvalue weighted by Gasteiger charge is 2.20. The number of benzene rings is 2. The van der Waals surface area contributed by atoms with E-state index in [9.17, 15) is 14.9 Å². The smallest absolute Gasteiger partial charge is 0.293 e. The van der Waals surface area contributed by atoms with E-state index in [1.54, 1.807) is 18.3 Å². The monoisotopic (exact) mass is 491 g/mol. The molecule has 1 amide bonds. The molecule has 1 saturated heterocycles. The fourth-order valence-corrected chi connectivity index (χ4v) is 5.05. The number of amides is 1. The Morgan fingerprint density at radius 3 is 2.66 bits per heavy atom. The Labute approximate surface area is 209 Å². The van der Waals surface area contributed by atoms with Crippen LogP contribution in [0.3, 0.4) is 0 Å². The second kappa shape index (κ2) is 11.3. The molecule has 0 saturated carbocycles. The summed E-state index contributed by atoms with van der Waals surface area (Å²) in [5.41, 5.74) is 4.07. The van der Waals surface area contributed by atoms with Gasteiger partial charge >= 0.3 is 0 Å². The van der Waals surface area contributed by atoms with Crippen molar-refractivity contribution in [2.45, 2.75) is 26.4 Å². The summed E-state index contributed by atoms with van der Waals surface area (Å²) in [6.45, 7) is 6.84. The summed E-state index contributed by atoms with van der Waals surface area (Å²) >= 11 is 1.97. The number of pyridine rings is 1. The molecule has 2 heterocycles. The van der Waals surface area contributed by atoms with Crippen LogP contribution >= 0.6 is 11.8 Å². The molecule has 0 bridgehead atoms. The highest BCUT2D eigenvalue weighted by atomic mass is 32.2. The van der Waals surface area contributed by atoms with Crippen LogP contribution in [0.2, 0.25) is 0 Å². The van der Waals surface area contributed by atoms with Crippen molar-refractivity contribution in [3.63, 3.8) is 0 Å². The van der Waals surface area contributed by atoms with E-state index in [0.717, 1.165) is 42.4 Å². The molecule has 1 fully saturated rings. The molecule has 1 atom stereocenters. The van der Waals surface area contributed by atoms with Gasteiger partial charge in [0.05, 0.1) is 16.7 Å². The first-order valence-corrected chi connectivity index (χ1v) is 12.7. The van der Waals surface area contributed by atoms with Crippen molar-refractivity contribution in [1.29, 1.82) is 0 Å². The molecule has 1 aliphatic rings. The molecule has 1 aliphatic heterocycles. The van der Waals surface area contributed by atoms with Gasteiger partial charge in [-0.05, 0) is 55.3 Å². The maximum atomic E-state index is 13.0. The van der Waals surface area contributed by atoms with Crippen LogP contribution in [0.15, 0.2) is 60.8 Å². The number of nitrogens with zero attached hydrogens (tertiary/aromatic N) is 3. The van der Waals surface area contributed by atoms with Gasteiger partial charge in [-0.15, -0.1) is 0 Å². The van der Waals surface area contributed by atoms with Crippen LogP contribution < -0.4 is 10.6 Å². The quantitative estimate of drug-likeness (QED) is 0.327. The molecule has 3 aromatic rings. The summed E-state index contributed by atoms with van der Waals surface area (Å²) in [7, 11) is 0. The lowest BCUT2D eigenvalue weighted by Crippen LogP contribution is -2.32. The fourth-order valence-electron chi connectivity index (χ4n) is 4.07. The highest BCUT2D eigenvalue weighted by molar-refractivity contribution is 7.99. The van der Waals surface area contributed by atoms with Gasteiger partial charge in [0.15, 0.2) is 0 Å². The van der Waals surface area contributed by atoms with Gasteiger partial charge in [0.1, 0.15) is 5.69 Å². The molecular formula is C26H29N5O3S. The van der Waals surface area contributed by atoms with Gasteiger partial charge in [-0.3, -0.25) is 24.8 Å². The van der Waals surface area contributed by atoms with E-state index in [0.29, 0.717) is 11.4 Å². The van der Waals surface area contributed by atoms with Gasteiger partial charge in [-0.25, -0.2) is 0 Å². The van der Waals surface area contributed by atoms with Crippen LogP contribution in [0.25, 0.3) is 0 Å². The van der Waals surface area contributed by atoms with Gasteiger partial charge < -0.3 is 10.6 Å². The molecule has 1 aromatic heterocycles. The third-order valence-corrected chi connectivity index (χ3v) is 7.09. The zero-order chi connectivity index (χ0) is 24.8. The number of nitrogens with one attached hydrogen (secondary N) is 2. The van der Waals surface area contributed by atoms with Crippen molar-refractivity contribution in [3.8, 4) is 0 Å². The molecule has 182 valence electrons. The lowest BCUT2D eigenvalue weighted by atomic mass is 10.1. The fraction of sp³-hybridized carbons (Fsp3) is 0.308. The van der Waals surface area contributed by atoms with Gasteiger partial charge in [-0.2, -0.15) is 11.8 Å². The average molecular weight is 492 g/mol. The summed E-state index contributed by atoms with van der Waals surface area (Å²) in [5.74, 6) is 1.89. The number of nitro benzene ring substituents is 1. The van der Waals surface area contributed by atoms with E-state index in [4.69, 9.17) is 0 Å². The first-order valence-electron chi connectivity index (χ1n) is 11.6. The summed E-state index contributed by atoms with van der Waals surface area (Å²) in [5, 5.41) is 17.9. The minimum Gasteiger partial charge on any atom is -0.371 e. The van der Waals surface area contributed by atoms with E-state index in [1.165, 1.54) is 11.6 Å². The summed E-state index contributed by atoms with van der Waals surface area (Å²) in [6, 6.07) is 15.7. The van der Waals surface area contributed by atoms with Crippen molar-refractivity contribution in [2.24, 2.45) is 0 Å². The molecule has 8 nitrogen and oxygen atoms in total. The number of rotatable bonds is 8. The van der Waals surface area contributed by atoms with Crippen molar-refractivity contribution >= 4 is 34.7 Å². The van der Waals surface area contributed by atoms with Crippen molar-refractivity contribution in [2.75, 3.05) is 35.2 Å². The van der Waals surface area contributed by atoms with Crippen molar-refractivity contribution in [1.82, 2.24) is 9.88 Å². The number of hydrogen-bond acceptors (Lipinski definition) is 7. The Morgan fingerprint density at radius 2 is 1.94 bits per heavy atom. The number of aromatic nitrogens is 1. The molecule has 0 aliphatic carbocycles. The largest absolute Gasteiger partial charge is 0.371 e. The van der Waals surface area contributed by atoms with Crippen LogP contribution in [0.5, 0.6) is 0 Å². The van der Waals surface area contributed by atoms with Crippen molar-refractivity contribution < 1.29 is 9.72 Å². The zero-order valence-corrected chi connectivity index (χ0v) is 20.7. The van der Waals surface area contributed by atoms with E-state index in [-0.39, 0.29) is 23.2 Å². The number of carbonyl (C=O) groups excluding carboxylic acids is 1. The first kappa shape index (κ1) is 24.7. The maximum Gasteiger partial charge on any atom is 0.293 e. The van der Waals surface area contributed by atoms with Crippen LogP contribution in [0.4, 0.5) is 17.1 Å². The summed E-state index contributed by atoms with van der Waals surface area (Å²) in [6.07, 6.45) is 1.68.